The minimum Gasteiger partial charge on any atom is -0.327 e. The van der Waals surface area contributed by atoms with Crippen molar-refractivity contribution in [3.8, 4) is 0 Å². The normalized spacial score (nSPS) is 22.2. The molecule has 0 radical (unpaired) electrons. The van der Waals surface area contributed by atoms with Crippen LogP contribution in [0.1, 0.15) is 42.6 Å². The van der Waals surface area contributed by atoms with Gasteiger partial charge in [-0.05, 0) is 38.3 Å². The smallest absolute Gasteiger partial charge is 0.179 e. The lowest BCUT2D eigenvalue weighted by Gasteiger charge is -2.34. The fourth-order valence-electron chi connectivity index (χ4n) is 2.70. The van der Waals surface area contributed by atoms with Crippen LogP contribution in [0.5, 0.6) is 0 Å². The first-order valence-corrected chi connectivity index (χ1v) is 7.24. The zero-order chi connectivity index (χ0) is 13.8. The van der Waals surface area contributed by atoms with Gasteiger partial charge in [0.2, 0.25) is 0 Å². The molecule has 2 atom stereocenters. The summed E-state index contributed by atoms with van der Waals surface area (Å²) < 4.78 is 0. The average molecular weight is 260 g/mol. The van der Waals surface area contributed by atoms with Gasteiger partial charge in [0.1, 0.15) is 0 Å². The summed E-state index contributed by atoms with van der Waals surface area (Å²) in [5.41, 5.74) is 8.06. The highest BCUT2D eigenvalue weighted by atomic mass is 16.1. The van der Waals surface area contributed by atoms with Crippen molar-refractivity contribution in [1.29, 1.82) is 0 Å². The van der Waals surface area contributed by atoms with Crippen molar-refractivity contribution < 1.29 is 4.79 Å². The Morgan fingerprint density at radius 2 is 2.11 bits per heavy atom. The average Bonchev–Trinajstić information content (AvgIpc) is 2.46. The molecule has 1 saturated heterocycles. The molecule has 1 aliphatic heterocycles. The quantitative estimate of drug-likeness (QED) is 0.845. The van der Waals surface area contributed by atoms with Crippen LogP contribution in [0.25, 0.3) is 0 Å². The lowest BCUT2D eigenvalue weighted by Crippen LogP contribution is -2.49. The molecule has 3 nitrogen and oxygen atoms in total. The molecule has 19 heavy (non-hydrogen) atoms. The third-order valence-corrected chi connectivity index (χ3v) is 4.06. The van der Waals surface area contributed by atoms with Crippen molar-refractivity contribution in [3.63, 3.8) is 0 Å². The second-order valence-corrected chi connectivity index (χ2v) is 5.49. The highest BCUT2D eigenvalue weighted by Crippen LogP contribution is 2.16. The molecule has 1 aliphatic rings. The van der Waals surface area contributed by atoms with E-state index >= 15 is 0 Å². The molecule has 1 heterocycles. The van der Waals surface area contributed by atoms with E-state index in [4.69, 9.17) is 5.73 Å². The van der Waals surface area contributed by atoms with Crippen LogP contribution in [0.3, 0.4) is 0 Å². The van der Waals surface area contributed by atoms with Gasteiger partial charge >= 0.3 is 0 Å². The topological polar surface area (TPSA) is 46.3 Å². The van der Waals surface area contributed by atoms with Gasteiger partial charge in [-0.3, -0.25) is 9.69 Å². The van der Waals surface area contributed by atoms with E-state index in [1.807, 2.05) is 31.2 Å². The van der Waals surface area contributed by atoms with E-state index in [0.717, 1.165) is 37.9 Å². The van der Waals surface area contributed by atoms with Crippen LogP contribution in [0.4, 0.5) is 0 Å². The van der Waals surface area contributed by atoms with Gasteiger partial charge in [0.25, 0.3) is 0 Å². The number of rotatable bonds is 4. The predicted molar refractivity (Wildman–Crippen MR) is 78.4 cm³/mol. The summed E-state index contributed by atoms with van der Waals surface area (Å²) >= 11 is 0. The molecule has 1 aromatic carbocycles. The minimum atomic E-state index is -0.0705. The zero-order valence-corrected chi connectivity index (χ0v) is 11.9. The molecule has 0 saturated carbocycles. The summed E-state index contributed by atoms with van der Waals surface area (Å²) in [6, 6.07) is 8.12. The first kappa shape index (κ1) is 14.2. The number of hydrogen-bond acceptors (Lipinski definition) is 3. The molecule has 2 N–H and O–H groups in total. The number of likely N-dealkylation sites (tertiary alicyclic amines) is 1. The summed E-state index contributed by atoms with van der Waals surface area (Å²) in [6.45, 7) is 5.93. The van der Waals surface area contributed by atoms with Gasteiger partial charge in [0.15, 0.2) is 5.78 Å². The van der Waals surface area contributed by atoms with Gasteiger partial charge in [-0.2, -0.15) is 0 Å². The maximum Gasteiger partial charge on any atom is 0.179 e. The number of carbonyl (C=O) groups excluding carboxylic acids is 1. The number of hydrogen-bond donors (Lipinski definition) is 1. The Kier molecular flexibility index (Phi) is 4.72. The number of benzene rings is 1. The van der Waals surface area contributed by atoms with Crippen LogP contribution in [-0.4, -0.2) is 35.9 Å². The molecule has 0 aliphatic carbocycles. The van der Waals surface area contributed by atoms with Crippen LogP contribution >= 0.6 is 0 Å². The molecule has 0 spiro atoms. The molecular formula is C16H24N2O. The molecular weight excluding hydrogens is 236 g/mol. The maximum absolute atomic E-state index is 12.5. The summed E-state index contributed by atoms with van der Waals surface area (Å²) in [4.78, 5) is 14.7. The Labute approximate surface area is 115 Å². The number of ketones is 1. The molecule has 2 rings (SSSR count). The van der Waals surface area contributed by atoms with E-state index in [1.54, 1.807) is 0 Å². The van der Waals surface area contributed by atoms with Crippen LogP contribution in [0.15, 0.2) is 24.3 Å². The van der Waals surface area contributed by atoms with Crippen LogP contribution in [0.2, 0.25) is 0 Å². The van der Waals surface area contributed by atoms with Gasteiger partial charge < -0.3 is 5.73 Å². The Morgan fingerprint density at radius 3 is 2.68 bits per heavy atom. The van der Waals surface area contributed by atoms with E-state index in [-0.39, 0.29) is 17.9 Å². The Morgan fingerprint density at radius 1 is 1.42 bits per heavy atom. The number of nitrogens with zero attached hydrogens (tertiary/aromatic N) is 1. The Hall–Kier alpha value is -1.19. The van der Waals surface area contributed by atoms with E-state index < -0.39 is 0 Å². The fourth-order valence-corrected chi connectivity index (χ4v) is 2.70. The first-order chi connectivity index (χ1) is 9.11. The molecule has 1 aromatic rings. The monoisotopic (exact) mass is 260 g/mol. The zero-order valence-electron chi connectivity index (χ0n) is 11.9. The van der Waals surface area contributed by atoms with E-state index in [9.17, 15) is 4.79 Å². The van der Waals surface area contributed by atoms with Gasteiger partial charge in [-0.1, -0.05) is 31.2 Å². The highest BCUT2D eigenvalue weighted by molar-refractivity contribution is 5.99. The van der Waals surface area contributed by atoms with Crippen molar-refractivity contribution in [2.75, 3.05) is 13.1 Å². The van der Waals surface area contributed by atoms with Gasteiger partial charge in [-0.15, -0.1) is 0 Å². The Balaban J connectivity index is 2.05. The number of Topliss-reactive ketones (excluding diaryl/α,β-unsaturated/α-hetero) is 1. The molecule has 2 unspecified atom stereocenters. The third-order valence-electron chi connectivity index (χ3n) is 4.06. The van der Waals surface area contributed by atoms with Crippen LogP contribution < -0.4 is 5.73 Å². The molecule has 104 valence electrons. The summed E-state index contributed by atoms with van der Waals surface area (Å²) in [7, 11) is 0. The number of carbonyl (C=O) groups is 1. The van der Waals surface area contributed by atoms with Crippen LogP contribution in [-0.2, 0) is 6.42 Å². The molecule has 0 amide bonds. The van der Waals surface area contributed by atoms with Crippen molar-refractivity contribution in [3.05, 3.63) is 35.4 Å². The van der Waals surface area contributed by atoms with Crippen molar-refractivity contribution in [2.45, 2.75) is 45.2 Å². The predicted octanol–water partition coefficient (Wildman–Crippen LogP) is 2.24. The summed E-state index contributed by atoms with van der Waals surface area (Å²) in [5.74, 6) is 0.205. The standard InChI is InChI=1S/C16H24N2O/c1-3-13-6-8-14(9-7-13)16(19)12(2)18-10-4-5-15(17)11-18/h6-9,12,15H,3-5,10-11,17H2,1-2H3. The molecule has 1 fully saturated rings. The number of nitrogens with two attached hydrogens (primary N) is 1. The lowest BCUT2D eigenvalue weighted by molar-refractivity contribution is 0.0794. The molecule has 0 aromatic heterocycles. The lowest BCUT2D eigenvalue weighted by atomic mass is 9.99. The van der Waals surface area contributed by atoms with Crippen molar-refractivity contribution in [2.24, 2.45) is 5.73 Å². The fraction of sp³-hybridized carbons (Fsp3) is 0.562. The van der Waals surface area contributed by atoms with Gasteiger partial charge in [-0.25, -0.2) is 0 Å². The third kappa shape index (κ3) is 3.43. The number of aryl methyl sites for hydroxylation is 1. The van der Waals surface area contributed by atoms with Gasteiger partial charge in [0, 0.05) is 18.2 Å². The first-order valence-electron chi connectivity index (χ1n) is 7.24. The SMILES string of the molecule is CCc1ccc(C(=O)C(C)N2CCCC(N)C2)cc1. The minimum absolute atomic E-state index is 0.0705. The molecule has 0 bridgehead atoms. The van der Waals surface area contributed by atoms with E-state index in [0.29, 0.717) is 0 Å². The van der Waals surface area contributed by atoms with Crippen LogP contribution in [0, 0.1) is 0 Å². The van der Waals surface area contributed by atoms with Crippen molar-refractivity contribution >= 4 is 5.78 Å². The van der Waals surface area contributed by atoms with Crippen molar-refractivity contribution in [1.82, 2.24) is 4.90 Å². The van der Waals surface area contributed by atoms with Gasteiger partial charge in [0.05, 0.1) is 6.04 Å². The van der Waals surface area contributed by atoms with E-state index in [2.05, 4.69) is 11.8 Å². The largest absolute Gasteiger partial charge is 0.327 e. The second-order valence-electron chi connectivity index (χ2n) is 5.49. The summed E-state index contributed by atoms with van der Waals surface area (Å²) in [5, 5.41) is 0. The highest BCUT2D eigenvalue weighted by Gasteiger charge is 2.26. The number of piperidine rings is 1. The maximum atomic E-state index is 12.5. The van der Waals surface area contributed by atoms with E-state index in [1.165, 1.54) is 5.56 Å². The summed E-state index contributed by atoms with van der Waals surface area (Å²) in [6.07, 6.45) is 3.17. The second kappa shape index (κ2) is 6.31. The Bertz CT molecular complexity index is 427. The molecule has 3 heteroatoms.